The summed E-state index contributed by atoms with van der Waals surface area (Å²) >= 11 is 0. The molecular weight excluding hydrogens is 624 g/mol. The zero-order chi connectivity index (χ0) is 34.5. The number of hydrogen-bond donors (Lipinski definition) is 1. The monoisotopic (exact) mass is 666 g/mol. The molecule has 1 N–H and O–H groups in total. The molecule has 5 heterocycles. The van der Waals surface area contributed by atoms with Gasteiger partial charge in [0.2, 0.25) is 11.9 Å². The zero-order valence-corrected chi connectivity index (χ0v) is 28.4. The molecule has 13 nitrogen and oxygen atoms in total. The fourth-order valence-electron chi connectivity index (χ4n) is 5.84. The molecule has 2 fully saturated rings. The van der Waals surface area contributed by atoms with E-state index in [0.29, 0.717) is 53.9 Å². The van der Waals surface area contributed by atoms with E-state index in [1.165, 1.54) is 0 Å². The predicted molar refractivity (Wildman–Crippen MR) is 186 cm³/mol. The number of fused-ring (bicyclic) bond motifs is 1. The number of anilines is 4. The summed E-state index contributed by atoms with van der Waals surface area (Å²) in [6.07, 6.45) is 5.80. The van der Waals surface area contributed by atoms with E-state index in [2.05, 4.69) is 20.2 Å². The van der Waals surface area contributed by atoms with Crippen LogP contribution in [0.1, 0.15) is 75.5 Å². The third kappa shape index (κ3) is 8.22. The highest BCUT2D eigenvalue weighted by atomic mass is 16.6. The number of esters is 1. The first-order valence-corrected chi connectivity index (χ1v) is 16.7. The second kappa shape index (κ2) is 14.4. The van der Waals surface area contributed by atoms with Crippen molar-refractivity contribution in [1.82, 2.24) is 24.8 Å². The fraction of sp³-hybridized carbons (Fsp3) is 0.417. The minimum absolute atomic E-state index is 0.0901. The number of nitrogens with zero attached hydrogens (tertiary/aromatic N) is 7. The van der Waals surface area contributed by atoms with Crippen molar-refractivity contribution in [2.24, 2.45) is 0 Å². The van der Waals surface area contributed by atoms with Crippen molar-refractivity contribution in [2.45, 2.75) is 65.1 Å². The van der Waals surface area contributed by atoms with Gasteiger partial charge in [-0.15, -0.1) is 0 Å². The molecule has 0 radical (unpaired) electrons. The van der Waals surface area contributed by atoms with Crippen LogP contribution in [-0.2, 0) is 14.3 Å². The highest BCUT2D eigenvalue weighted by molar-refractivity contribution is 5.94. The summed E-state index contributed by atoms with van der Waals surface area (Å²) in [7, 11) is 0. The van der Waals surface area contributed by atoms with Gasteiger partial charge in [-0.05, 0) is 77.3 Å². The van der Waals surface area contributed by atoms with Crippen molar-refractivity contribution in [3.63, 3.8) is 0 Å². The van der Waals surface area contributed by atoms with E-state index in [1.54, 1.807) is 52.5 Å². The molecule has 49 heavy (non-hydrogen) atoms. The van der Waals surface area contributed by atoms with E-state index in [0.717, 1.165) is 43.6 Å². The number of carbonyl (C=O) groups is 3. The first kappa shape index (κ1) is 33.6. The molecule has 0 bridgehead atoms. The Kier molecular flexibility index (Phi) is 9.88. The maximum Gasteiger partial charge on any atom is 0.410 e. The summed E-state index contributed by atoms with van der Waals surface area (Å²) in [4.78, 5) is 62.7. The molecule has 13 heteroatoms. The molecule has 4 aromatic rings. The number of pyridine rings is 2. The Bertz CT molecular complexity index is 1810. The Morgan fingerprint density at radius 2 is 1.67 bits per heavy atom. The molecule has 0 aliphatic carbocycles. The molecule has 2 aliphatic rings. The molecule has 1 aromatic carbocycles. The van der Waals surface area contributed by atoms with Gasteiger partial charge in [-0.2, -0.15) is 0 Å². The molecule has 2 saturated heterocycles. The molecule has 3 aromatic heterocycles. The van der Waals surface area contributed by atoms with Crippen molar-refractivity contribution in [2.75, 3.05) is 47.8 Å². The first-order chi connectivity index (χ1) is 23.5. The lowest BCUT2D eigenvalue weighted by Gasteiger charge is -2.29. The van der Waals surface area contributed by atoms with Crippen LogP contribution >= 0.6 is 0 Å². The lowest BCUT2D eigenvalue weighted by molar-refractivity contribution is -0.118. The third-order valence-electron chi connectivity index (χ3n) is 8.37. The topological polar surface area (TPSA) is 143 Å². The minimum Gasteiger partial charge on any atom is -0.453 e. The summed E-state index contributed by atoms with van der Waals surface area (Å²) in [5, 5.41) is 3.96. The molecule has 1 atom stereocenters. The van der Waals surface area contributed by atoms with E-state index in [4.69, 9.17) is 19.4 Å². The van der Waals surface area contributed by atoms with Crippen LogP contribution in [0.4, 0.5) is 28.1 Å². The first-order valence-electron chi connectivity index (χ1n) is 16.7. The molecule has 6 rings (SSSR count). The van der Waals surface area contributed by atoms with Gasteiger partial charge in [-0.3, -0.25) is 4.79 Å². The van der Waals surface area contributed by atoms with E-state index >= 15 is 0 Å². The molecule has 2 aliphatic heterocycles. The van der Waals surface area contributed by atoms with Crippen LogP contribution in [0.25, 0.3) is 10.9 Å². The van der Waals surface area contributed by atoms with Crippen molar-refractivity contribution in [3.05, 3.63) is 72.2 Å². The van der Waals surface area contributed by atoms with E-state index < -0.39 is 23.8 Å². The van der Waals surface area contributed by atoms with Gasteiger partial charge in [0.15, 0.2) is 5.82 Å². The lowest BCUT2D eigenvalue weighted by Crippen LogP contribution is -2.39. The van der Waals surface area contributed by atoms with Crippen LogP contribution in [0.2, 0.25) is 0 Å². The second-order valence-electron chi connectivity index (χ2n) is 13.3. The second-order valence-corrected chi connectivity index (χ2v) is 13.3. The smallest absolute Gasteiger partial charge is 0.410 e. The zero-order valence-electron chi connectivity index (χ0n) is 28.4. The van der Waals surface area contributed by atoms with Crippen molar-refractivity contribution in [3.8, 4) is 0 Å². The number of ether oxygens (including phenoxy) is 2. The molecule has 0 saturated carbocycles. The average Bonchev–Trinajstić information content (AvgIpc) is 3.29. The number of carbonyl (C=O) groups excluding carboxylic acids is 3. The Labute approximate surface area is 285 Å². The van der Waals surface area contributed by atoms with Gasteiger partial charge in [-0.25, -0.2) is 29.5 Å². The number of piperidine rings is 1. The van der Waals surface area contributed by atoms with Gasteiger partial charge in [0, 0.05) is 50.7 Å². The van der Waals surface area contributed by atoms with E-state index in [-0.39, 0.29) is 12.3 Å². The normalized spacial score (nSPS) is 16.2. The Morgan fingerprint density at radius 3 is 2.39 bits per heavy atom. The molecule has 2 amide bonds. The number of aromatic nitrogens is 4. The lowest BCUT2D eigenvalue weighted by atomic mass is 10.1. The highest BCUT2D eigenvalue weighted by Crippen LogP contribution is 2.31. The average molecular weight is 667 g/mol. The summed E-state index contributed by atoms with van der Waals surface area (Å²) in [5.41, 5.74) is 1.81. The quantitative estimate of drug-likeness (QED) is 0.231. The Balaban J connectivity index is 1.19. The molecule has 256 valence electrons. The summed E-state index contributed by atoms with van der Waals surface area (Å²) < 4.78 is 11.3. The van der Waals surface area contributed by atoms with Gasteiger partial charge < -0.3 is 29.5 Å². The predicted octanol–water partition coefficient (Wildman–Crippen LogP) is 6.05. The molecule has 0 spiro atoms. The highest BCUT2D eigenvalue weighted by Gasteiger charge is 2.28. The Morgan fingerprint density at radius 1 is 0.898 bits per heavy atom. The number of benzene rings is 1. The Hall–Kier alpha value is -5.33. The van der Waals surface area contributed by atoms with Crippen molar-refractivity contribution in [1.29, 1.82) is 0 Å². The van der Waals surface area contributed by atoms with Gasteiger partial charge in [0.25, 0.3) is 0 Å². The summed E-state index contributed by atoms with van der Waals surface area (Å²) in [6.45, 7) is 9.96. The van der Waals surface area contributed by atoms with Gasteiger partial charge >= 0.3 is 12.1 Å². The van der Waals surface area contributed by atoms with Crippen LogP contribution in [0, 0.1) is 0 Å². The van der Waals surface area contributed by atoms with Gasteiger partial charge in [0.1, 0.15) is 23.0 Å². The molecular formula is C36H42N8O5. The summed E-state index contributed by atoms with van der Waals surface area (Å²) in [5.74, 6) is 1.08. The summed E-state index contributed by atoms with van der Waals surface area (Å²) in [6, 6.07) is 14.3. The maximum atomic E-state index is 13.0. The van der Waals surface area contributed by atoms with Crippen LogP contribution in [-0.4, -0.2) is 81.1 Å². The standard InChI is InChI=1S/C36H42N8O5/c1-24(48-33(46)25-11-7-5-8-12-25)28-21-26-22-38-34(41-31(26)32(39-28)42-16-9-6-10-17-42)40-29-14-13-27(23-37-29)44-20-19-43(18-15-30(44)45)35(47)49-36(2,3)4/h5,7-8,11-14,21-24H,6,9-10,15-20H2,1-4H3,(H,37,38,40,41)/t24-/m1/s1. The minimum atomic E-state index is -0.610. The van der Waals surface area contributed by atoms with Crippen LogP contribution in [0.5, 0.6) is 0 Å². The van der Waals surface area contributed by atoms with Crippen molar-refractivity contribution >= 4 is 52.1 Å². The maximum absolute atomic E-state index is 13.0. The molecule has 0 unspecified atom stereocenters. The number of hydrogen-bond acceptors (Lipinski definition) is 11. The van der Waals surface area contributed by atoms with Gasteiger partial charge in [-0.1, -0.05) is 18.2 Å². The number of rotatable bonds is 7. The largest absolute Gasteiger partial charge is 0.453 e. The fourth-order valence-corrected chi connectivity index (χ4v) is 5.84. The van der Waals surface area contributed by atoms with Crippen molar-refractivity contribution < 1.29 is 23.9 Å². The van der Waals surface area contributed by atoms with E-state index in [1.807, 2.05) is 45.9 Å². The number of amides is 2. The van der Waals surface area contributed by atoms with Gasteiger partial charge in [0.05, 0.1) is 23.1 Å². The van der Waals surface area contributed by atoms with E-state index in [9.17, 15) is 14.4 Å². The van der Waals surface area contributed by atoms with Crippen LogP contribution in [0.15, 0.2) is 60.9 Å². The number of nitrogens with one attached hydrogen (secondary N) is 1. The SMILES string of the molecule is C[C@@H](OC(=O)c1ccccc1)c1cc2cnc(Nc3ccc(N4CCN(C(=O)OC(C)(C)C)CCC4=O)cn3)nc2c(N2CCCCC2)n1. The third-order valence-corrected chi connectivity index (χ3v) is 8.37. The van der Waals surface area contributed by atoms with Crippen LogP contribution < -0.4 is 15.1 Å². The van der Waals surface area contributed by atoms with Crippen LogP contribution in [0.3, 0.4) is 0 Å².